The Bertz CT molecular complexity index is 535. The Morgan fingerprint density at radius 3 is 2.47 bits per heavy atom. The molecule has 0 bridgehead atoms. The molecule has 0 amide bonds. The van der Waals surface area contributed by atoms with Gasteiger partial charge in [-0.1, -0.05) is 6.08 Å². The van der Waals surface area contributed by atoms with Gasteiger partial charge in [-0.2, -0.15) is 0 Å². The molecule has 0 unspecified atom stereocenters. The van der Waals surface area contributed by atoms with Crippen LogP contribution in [0, 0.1) is 10.1 Å². The molecule has 1 aromatic carbocycles. The molecular weight excluding hydrogens is 218 g/mol. The average Bonchev–Trinajstić information content (AvgIpc) is 2.38. The van der Waals surface area contributed by atoms with Crippen LogP contribution in [-0.4, -0.2) is 14.9 Å². The minimum absolute atomic E-state index is 0.0872. The molecule has 2 aromatic rings. The van der Waals surface area contributed by atoms with Gasteiger partial charge in [-0.05, 0) is 29.8 Å². The summed E-state index contributed by atoms with van der Waals surface area (Å²) in [4.78, 5) is 17.9. The summed E-state index contributed by atoms with van der Waals surface area (Å²) in [6.07, 6.45) is 6.78. The van der Waals surface area contributed by atoms with Crippen LogP contribution in [0.15, 0.2) is 42.9 Å². The van der Waals surface area contributed by atoms with Crippen molar-refractivity contribution in [2.45, 2.75) is 0 Å². The van der Waals surface area contributed by atoms with E-state index in [9.17, 15) is 10.1 Å². The standard InChI is InChI=1S/C12H9N3O2/c16-15(17)12-5-2-10(3-6-12)1-4-11-7-8-13-9-14-11/h1-9H/b4-1+. The lowest BCUT2D eigenvalue weighted by atomic mass is 10.2. The van der Waals surface area contributed by atoms with E-state index in [1.54, 1.807) is 24.4 Å². The molecule has 0 saturated heterocycles. The summed E-state index contributed by atoms with van der Waals surface area (Å²) in [5.74, 6) is 0. The number of nitro benzene ring substituents is 1. The van der Waals surface area contributed by atoms with Gasteiger partial charge in [-0.15, -0.1) is 0 Å². The lowest BCUT2D eigenvalue weighted by molar-refractivity contribution is -0.384. The van der Waals surface area contributed by atoms with Gasteiger partial charge in [0.25, 0.3) is 5.69 Å². The molecule has 0 aliphatic carbocycles. The van der Waals surface area contributed by atoms with Crippen LogP contribution in [-0.2, 0) is 0 Å². The molecule has 0 atom stereocenters. The van der Waals surface area contributed by atoms with Gasteiger partial charge in [-0.3, -0.25) is 10.1 Å². The second-order valence-corrected chi connectivity index (χ2v) is 3.32. The van der Waals surface area contributed by atoms with E-state index in [0.29, 0.717) is 0 Å². The quantitative estimate of drug-likeness (QED) is 0.596. The number of non-ortho nitro benzene ring substituents is 1. The van der Waals surface area contributed by atoms with E-state index >= 15 is 0 Å². The molecule has 0 radical (unpaired) electrons. The Kier molecular flexibility index (Phi) is 3.20. The summed E-state index contributed by atoms with van der Waals surface area (Å²) < 4.78 is 0. The Balaban J connectivity index is 2.14. The number of benzene rings is 1. The Hall–Kier alpha value is -2.56. The average molecular weight is 227 g/mol. The molecule has 1 aromatic heterocycles. The van der Waals surface area contributed by atoms with E-state index in [-0.39, 0.29) is 5.69 Å². The molecule has 17 heavy (non-hydrogen) atoms. The summed E-state index contributed by atoms with van der Waals surface area (Å²) in [5.41, 5.74) is 1.76. The van der Waals surface area contributed by atoms with Crippen molar-refractivity contribution in [3.8, 4) is 0 Å². The van der Waals surface area contributed by atoms with Gasteiger partial charge in [0.15, 0.2) is 0 Å². The molecule has 0 fully saturated rings. The van der Waals surface area contributed by atoms with Gasteiger partial charge in [0.1, 0.15) is 6.33 Å². The van der Waals surface area contributed by atoms with Crippen molar-refractivity contribution in [1.82, 2.24) is 9.97 Å². The van der Waals surface area contributed by atoms with Crippen molar-refractivity contribution in [2.24, 2.45) is 0 Å². The minimum atomic E-state index is -0.419. The first kappa shape index (κ1) is 10.9. The molecule has 0 aliphatic rings. The SMILES string of the molecule is O=[N+]([O-])c1ccc(/C=C/c2ccncn2)cc1. The molecule has 0 aliphatic heterocycles. The fourth-order valence-electron chi connectivity index (χ4n) is 1.29. The van der Waals surface area contributed by atoms with Crippen LogP contribution < -0.4 is 0 Å². The van der Waals surface area contributed by atoms with Crippen molar-refractivity contribution >= 4 is 17.8 Å². The van der Waals surface area contributed by atoms with Crippen molar-refractivity contribution in [1.29, 1.82) is 0 Å². The van der Waals surface area contributed by atoms with Gasteiger partial charge in [0, 0.05) is 18.3 Å². The first-order chi connectivity index (χ1) is 8.25. The number of rotatable bonds is 3. The Labute approximate surface area is 97.6 Å². The van der Waals surface area contributed by atoms with Crippen LogP contribution in [0.2, 0.25) is 0 Å². The van der Waals surface area contributed by atoms with E-state index in [1.165, 1.54) is 18.5 Å². The van der Waals surface area contributed by atoms with Crippen molar-refractivity contribution in [3.63, 3.8) is 0 Å². The summed E-state index contributed by atoms with van der Waals surface area (Å²) >= 11 is 0. The molecule has 5 heteroatoms. The highest BCUT2D eigenvalue weighted by molar-refractivity contribution is 5.68. The van der Waals surface area contributed by atoms with Gasteiger partial charge in [-0.25, -0.2) is 9.97 Å². The van der Waals surface area contributed by atoms with Crippen molar-refractivity contribution in [3.05, 3.63) is 64.2 Å². The number of nitrogens with zero attached hydrogens (tertiary/aromatic N) is 3. The molecule has 84 valence electrons. The fraction of sp³-hybridized carbons (Fsp3) is 0. The summed E-state index contributed by atoms with van der Waals surface area (Å²) in [5, 5.41) is 10.5. The number of aromatic nitrogens is 2. The number of nitro groups is 1. The zero-order chi connectivity index (χ0) is 12.1. The third kappa shape index (κ3) is 2.94. The molecule has 0 spiro atoms. The predicted octanol–water partition coefficient (Wildman–Crippen LogP) is 2.56. The minimum Gasteiger partial charge on any atom is -0.258 e. The zero-order valence-electron chi connectivity index (χ0n) is 8.85. The van der Waals surface area contributed by atoms with Crippen LogP contribution in [0.3, 0.4) is 0 Å². The lowest BCUT2D eigenvalue weighted by Gasteiger charge is -1.94. The monoisotopic (exact) mass is 227 g/mol. The van der Waals surface area contributed by atoms with E-state index in [4.69, 9.17) is 0 Å². The summed E-state index contributed by atoms with van der Waals surface area (Å²) in [6.45, 7) is 0. The largest absolute Gasteiger partial charge is 0.269 e. The Morgan fingerprint density at radius 1 is 1.12 bits per heavy atom. The normalized spacial score (nSPS) is 10.6. The van der Waals surface area contributed by atoms with Gasteiger partial charge >= 0.3 is 0 Å². The zero-order valence-corrected chi connectivity index (χ0v) is 8.85. The maximum Gasteiger partial charge on any atom is 0.269 e. The molecule has 0 saturated carbocycles. The van der Waals surface area contributed by atoms with Crippen LogP contribution >= 0.6 is 0 Å². The summed E-state index contributed by atoms with van der Waals surface area (Å²) in [6, 6.07) is 8.10. The molecular formula is C12H9N3O2. The van der Waals surface area contributed by atoms with Crippen LogP contribution in [0.4, 0.5) is 5.69 Å². The maximum atomic E-state index is 10.5. The van der Waals surface area contributed by atoms with Gasteiger partial charge < -0.3 is 0 Å². The number of hydrogen-bond donors (Lipinski definition) is 0. The van der Waals surface area contributed by atoms with E-state index in [2.05, 4.69) is 9.97 Å². The van der Waals surface area contributed by atoms with Crippen LogP contribution in [0.5, 0.6) is 0 Å². The van der Waals surface area contributed by atoms with Gasteiger partial charge in [0.05, 0.1) is 10.6 Å². The molecule has 2 rings (SSSR count). The first-order valence-electron chi connectivity index (χ1n) is 4.94. The van der Waals surface area contributed by atoms with E-state index in [1.807, 2.05) is 12.2 Å². The molecule has 1 heterocycles. The highest BCUT2D eigenvalue weighted by Gasteiger charge is 2.01. The smallest absolute Gasteiger partial charge is 0.258 e. The second-order valence-electron chi connectivity index (χ2n) is 3.32. The van der Waals surface area contributed by atoms with Crippen LogP contribution in [0.25, 0.3) is 12.2 Å². The summed E-state index contributed by atoms with van der Waals surface area (Å²) in [7, 11) is 0. The highest BCUT2D eigenvalue weighted by atomic mass is 16.6. The van der Waals surface area contributed by atoms with E-state index < -0.39 is 4.92 Å². The first-order valence-corrected chi connectivity index (χ1v) is 4.94. The van der Waals surface area contributed by atoms with E-state index in [0.717, 1.165) is 11.3 Å². The van der Waals surface area contributed by atoms with Crippen molar-refractivity contribution < 1.29 is 4.92 Å². The highest BCUT2D eigenvalue weighted by Crippen LogP contribution is 2.13. The predicted molar refractivity (Wildman–Crippen MR) is 64.1 cm³/mol. The van der Waals surface area contributed by atoms with Gasteiger partial charge in [0.2, 0.25) is 0 Å². The number of hydrogen-bond acceptors (Lipinski definition) is 4. The third-order valence-corrected chi connectivity index (χ3v) is 2.16. The fourth-order valence-corrected chi connectivity index (χ4v) is 1.29. The lowest BCUT2D eigenvalue weighted by Crippen LogP contribution is -1.86. The maximum absolute atomic E-state index is 10.5. The molecule has 5 nitrogen and oxygen atoms in total. The second kappa shape index (κ2) is 4.98. The molecule has 0 N–H and O–H groups in total. The van der Waals surface area contributed by atoms with Crippen molar-refractivity contribution in [2.75, 3.05) is 0 Å². The Morgan fingerprint density at radius 2 is 1.88 bits per heavy atom. The van der Waals surface area contributed by atoms with Crippen LogP contribution in [0.1, 0.15) is 11.3 Å². The third-order valence-electron chi connectivity index (χ3n) is 2.16. The topological polar surface area (TPSA) is 68.9 Å².